The third-order valence-corrected chi connectivity index (χ3v) is 4.12. The van der Waals surface area contributed by atoms with E-state index < -0.39 is 22.4 Å². The molecule has 0 saturated heterocycles. The Morgan fingerprint density at radius 2 is 2.00 bits per heavy atom. The highest BCUT2D eigenvalue weighted by Gasteiger charge is 2.21. The maximum atomic E-state index is 13.6. The number of carbonyl (C=O) groups is 1. The van der Waals surface area contributed by atoms with Crippen LogP contribution in [0.4, 0.5) is 10.1 Å². The summed E-state index contributed by atoms with van der Waals surface area (Å²) in [5.41, 5.74) is -0.780. The standard InChI is InChI=1S/C13H7ClFNO4S/c14-9-6-7(16(19)20)5-8(13(17)18)12(9)21-11-4-2-1-3-10(11)15/h1-6H,(H,17,18). The van der Waals surface area contributed by atoms with Crippen molar-refractivity contribution < 1.29 is 19.2 Å². The molecule has 21 heavy (non-hydrogen) atoms. The van der Waals surface area contributed by atoms with Crippen molar-refractivity contribution in [3.05, 3.63) is 62.9 Å². The van der Waals surface area contributed by atoms with Gasteiger partial charge >= 0.3 is 5.97 Å². The number of carboxylic acid groups (broad SMARTS) is 1. The Labute approximate surface area is 127 Å². The molecular weight excluding hydrogens is 321 g/mol. The van der Waals surface area contributed by atoms with Gasteiger partial charge in [0.1, 0.15) is 5.82 Å². The highest BCUT2D eigenvalue weighted by molar-refractivity contribution is 7.99. The van der Waals surface area contributed by atoms with Crippen molar-refractivity contribution >= 4 is 35.0 Å². The molecule has 2 aromatic carbocycles. The summed E-state index contributed by atoms with van der Waals surface area (Å²) >= 11 is 6.72. The van der Waals surface area contributed by atoms with E-state index in [4.69, 9.17) is 16.7 Å². The van der Waals surface area contributed by atoms with Gasteiger partial charge in [-0.1, -0.05) is 35.5 Å². The second-order valence-electron chi connectivity index (χ2n) is 3.90. The van der Waals surface area contributed by atoms with Crippen molar-refractivity contribution in [3.8, 4) is 0 Å². The van der Waals surface area contributed by atoms with Crippen molar-refractivity contribution in [2.45, 2.75) is 9.79 Å². The molecular formula is C13H7ClFNO4S. The van der Waals surface area contributed by atoms with E-state index in [1.165, 1.54) is 18.2 Å². The summed E-state index contributed by atoms with van der Waals surface area (Å²) in [5.74, 6) is -1.91. The summed E-state index contributed by atoms with van der Waals surface area (Å²) in [6, 6.07) is 7.71. The maximum Gasteiger partial charge on any atom is 0.337 e. The van der Waals surface area contributed by atoms with Crippen molar-refractivity contribution in [3.63, 3.8) is 0 Å². The Morgan fingerprint density at radius 3 is 2.57 bits per heavy atom. The lowest BCUT2D eigenvalue weighted by Crippen LogP contribution is -2.02. The molecule has 0 bridgehead atoms. The number of hydrogen-bond donors (Lipinski definition) is 1. The Kier molecular flexibility index (Phi) is 4.44. The average molecular weight is 328 g/mol. The average Bonchev–Trinajstić information content (AvgIpc) is 2.42. The minimum Gasteiger partial charge on any atom is -0.478 e. The summed E-state index contributed by atoms with van der Waals surface area (Å²) in [4.78, 5) is 21.5. The zero-order chi connectivity index (χ0) is 15.6. The van der Waals surface area contributed by atoms with Crippen molar-refractivity contribution in [2.24, 2.45) is 0 Å². The van der Waals surface area contributed by atoms with E-state index in [0.717, 1.165) is 23.9 Å². The minimum atomic E-state index is -1.38. The zero-order valence-electron chi connectivity index (χ0n) is 10.2. The molecule has 5 nitrogen and oxygen atoms in total. The number of nitrogens with zero attached hydrogens (tertiary/aromatic N) is 1. The van der Waals surface area contributed by atoms with Gasteiger partial charge in [-0.2, -0.15) is 0 Å². The monoisotopic (exact) mass is 327 g/mol. The lowest BCUT2D eigenvalue weighted by molar-refractivity contribution is -0.384. The minimum absolute atomic E-state index is 0.0554. The Morgan fingerprint density at radius 1 is 1.33 bits per heavy atom. The van der Waals surface area contributed by atoms with Gasteiger partial charge in [0.15, 0.2) is 0 Å². The maximum absolute atomic E-state index is 13.6. The molecule has 0 atom stereocenters. The molecule has 0 aliphatic rings. The Balaban J connectivity index is 2.55. The molecule has 0 saturated carbocycles. The van der Waals surface area contributed by atoms with Crippen molar-refractivity contribution in [2.75, 3.05) is 0 Å². The summed E-state index contributed by atoms with van der Waals surface area (Å²) in [7, 11) is 0. The molecule has 0 aromatic heterocycles. The van der Waals surface area contributed by atoms with Crippen LogP contribution >= 0.6 is 23.4 Å². The van der Waals surface area contributed by atoms with Crippen LogP contribution in [-0.2, 0) is 0 Å². The number of benzene rings is 2. The fraction of sp³-hybridized carbons (Fsp3) is 0. The van der Waals surface area contributed by atoms with Crippen LogP contribution in [0.25, 0.3) is 0 Å². The van der Waals surface area contributed by atoms with Crippen molar-refractivity contribution in [1.29, 1.82) is 0 Å². The van der Waals surface area contributed by atoms with Gasteiger partial charge in [0.25, 0.3) is 5.69 Å². The molecule has 8 heteroatoms. The number of non-ortho nitro benzene ring substituents is 1. The molecule has 0 heterocycles. The fourth-order valence-corrected chi connectivity index (χ4v) is 2.86. The molecule has 0 fully saturated rings. The lowest BCUT2D eigenvalue weighted by atomic mass is 10.2. The van der Waals surface area contributed by atoms with Crippen LogP contribution in [-0.4, -0.2) is 16.0 Å². The first kappa shape index (κ1) is 15.3. The molecule has 0 radical (unpaired) electrons. The number of rotatable bonds is 4. The van der Waals surface area contributed by atoms with E-state index in [0.29, 0.717) is 0 Å². The predicted octanol–water partition coefficient (Wildman–Crippen LogP) is 4.24. The molecule has 2 rings (SSSR count). The quantitative estimate of drug-likeness (QED) is 0.671. The highest BCUT2D eigenvalue weighted by Crippen LogP contribution is 2.39. The normalized spacial score (nSPS) is 10.4. The molecule has 0 aliphatic carbocycles. The summed E-state index contributed by atoms with van der Waals surface area (Å²) < 4.78 is 13.6. The predicted molar refractivity (Wildman–Crippen MR) is 75.6 cm³/mol. The number of nitro groups is 1. The van der Waals surface area contributed by atoms with Gasteiger partial charge in [-0.05, 0) is 12.1 Å². The van der Waals surface area contributed by atoms with E-state index in [2.05, 4.69) is 0 Å². The van der Waals surface area contributed by atoms with Crippen LogP contribution in [0.5, 0.6) is 0 Å². The number of aromatic carboxylic acids is 1. The second-order valence-corrected chi connectivity index (χ2v) is 5.36. The second kappa shape index (κ2) is 6.11. The number of carboxylic acids is 1. The van der Waals surface area contributed by atoms with Gasteiger partial charge in [0.2, 0.25) is 0 Å². The molecule has 0 spiro atoms. The van der Waals surface area contributed by atoms with Gasteiger partial charge in [0.05, 0.1) is 15.5 Å². The summed E-state index contributed by atoms with van der Waals surface area (Å²) in [6.07, 6.45) is 0. The highest BCUT2D eigenvalue weighted by atomic mass is 35.5. The zero-order valence-corrected chi connectivity index (χ0v) is 11.8. The third-order valence-electron chi connectivity index (χ3n) is 2.52. The Bertz CT molecular complexity index is 738. The largest absolute Gasteiger partial charge is 0.478 e. The lowest BCUT2D eigenvalue weighted by Gasteiger charge is -2.09. The van der Waals surface area contributed by atoms with Gasteiger partial charge in [0, 0.05) is 21.9 Å². The first-order valence-electron chi connectivity index (χ1n) is 5.53. The molecule has 2 aromatic rings. The summed E-state index contributed by atoms with van der Waals surface area (Å²) in [6.45, 7) is 0. The first-order chi connectivity index (χ1) is 9.90. The molecule has 0 aliphatic heterocycles. The number of hydrogen-bond acceptors (Lipinski definition) is 4. The van der Waals surface area contributed by atoms with E-state index >= 15 is 0 Å². The molecule has 108 valence electrons. The van der Waals surface area contributed by atoms with Crippen LogP contribution in [0.1, 0.15) is 10.4 Å². The smallest absolute Gasteiger partial charge is 0.337 e. The fourth-order valence-electron chi connectivity index (χ4n) is 1.58. The van der Waals surface area contributed by atoms with Crippen LogP contribution in [0.15, 0.2) is 46.2 Å². The Hall–Kier alpha value is -2.12. The molecule has 0 amide bonds. The number of nitro benzene ring substituents is 1. The molecule has 0 unspecified atom stereocenters. The van der Waals surface area contributed by atoms with E-state index in [-0.39, 0.29) is 20.4 Å². The van der Waals surface area contributed by atoms with Gasteiger partial charge in [-0.3, -0.25) is 10.1 Å². The SMILES string of the molecule is O=C(O)c1cc([N+](=O)[O-])cc(Cl)c1Sc1ccccc1F. The number of halogens is 2. The van der Waals surface area contributed by atoms with E-state index in [1.54, 1.807) is 6.07 Å². The van der Waals surface area contributed by atoms with Crippen LogP contribution in [0, 0.1) is 15.9 Å². The van der Waals surface area contributed by atoms with Gasteiger partial charge in [-0.25, -0.2) is 9.18 Å². The first-order valence-corrected chi connectivity index (χ1v) is 6.73. The molecule has 1 N–H and O–H groups in total. The topological polar surface area (TPSA) is 80.4 Å². The van der Waals surface area contributed by atoms with Crippen LogP contribution in [0.2, 0.25) is 5.02 Å². The van der Waals surface area contributed by atoms with Gasteiger partial charge in [-0.15, -0.1) is 0 Å². The van der Waals surface area contributed by atoms with E-state index in [1.807, 2.05) is 0 Å². The van der Waals surface area contributed by atoms with Crippen LogP contribution < -0.4 is 0 Å². The van der Waals surface area contributed by atoms with Gasteiger partial charge < -0.3 is 5.11 Å². The van der Waals surface area contributed by atoms with E-state index in [9.17, 15) is 19.3 Å². The summed E-state index contributed by atoms with van der Waals surface area (Å²) in [5, 5.41) is 19.8. The third kappa shape index (κ3) is 3.32. The van der Waals surface area contributed by atoms with Crippen molar-refractivity contribution in [1.82, 2.24) is 0 Å². The van der Waals surface area contributed by atoms with Crippen LogP contribution in [0.3, 0.4) is 0 Å².